The second-order valence-corrected chi connectivity index (χ2v) is 7.67. The predicted molar refractivity (Wildman–Crippen MR) is 118 cm³/mol. The molecule has 2 heterocycles. The molecule has 0 fully saturated rings. The first-order valence-corrected chi connectivity index (χ1v) is 10.2. The minimum absolute atomic E-state index is 0.0644. The molecule has 30 heavy (non-hydrogen) atoms. The summed E-state index contributed by atoms with van der Waals surface area (Å²) >= 11 is 0. The molecule has 5 nitrogen and oxygen atoms in total. The number of Topliss-reactive ketones (excluding diaryl/α,β-unsaturated/α-hetero) is 1. The Bertz CT molecular complexity index is 1120. The standard InChI is InChI=1S/C25H23N3O2/c1-30-23-12-5-2-8-17(23)16-14-21-24(22(29)15-16)25(20-11-6-7-13-26-20)28-19-10-4-3-9-18(19)27-21/h2-13,16,25,27-28H,14-15H2,1H3. The average molecular weight is 397 g/mol. The zero-order chi connectivity index (χ0) is 20.5. The van der Waals surface area contributed by atoms with E-state index < -0.39 is 0 Å². The van der Waals surface area contributed by atoms with E-state index in [0.717, 1.165) is 46.1 Å². The molecule has 5 rings (SSSR count). The van der Waals surface area contributed by atoms with Crippen LogP contribution in [0.5, 0.6) is 5.75 Å². The van der Waals surface area contributed by atoms with Crippen molar-refractivity contribution >= 4 is 17.2 Å². The lowest BCUT2D eigenvalue weighted by Gasteiger charge is -2.30. The number of nitrogens with zero attached hydrogens (tertiary/aromatic N) is 1. The van der Waals surface area contributed by atoms with Crippen molar-refractivity contribution in [1.29, 1.82) is 0 Å². The molecule has 0 saturated carbocycles. The van der Waals surface area contributed by atoms with Crippen molar-refractivity contribution in [3.8, 4) is 5.75 Å². The fraction of sp³-hybridized carbons (Fsp3) is 0.200. The summed E-state index contributed by atoms with van der Waals surface area (Å²) in [6.45, 7) is 0. The van der Waals surface area contributed by atoms with Crippen LogP contribution in [0.1, 0.15) is 36.1 Å². The van der Waals surface area contributed by atoms with Crippen LogP contribution in [0.4, 0.5) is 11.4 Å². The number of hydrogen-bond donors (Lipinski definition) is 2. The smallest absolute Gasteiger partial charge is 0.163 e. The summed E-state index contributed by atoms with van der Waals surface area (Å²) in [4.78, 5) is 18.0. The quantitative estimate of drug-likeness (QED) is 0.646. The SMILES string of the molecule is COc1ccccc1C1CC(=O)C2=C(C1)Nc1ccccc1NC2c1ccccn1. The van der Waals surface area contributed by atoms with Crippen molar-refractivity contribution in [1.82, 2.24) is 4.98 Å². The molecule has 5 heteroatoms. The fourth-order valence-corrected chi connectivity index (χ4v) is 4.48. The Kier molecular flexibility index (Phi) is 4.71. The number of fused-ring (bicyclic) bond motifs is 1. The molecule has 3 aromatic rings. The average Bonchev–Trinajstić information content (AvgIpc) is 2.96. The summed E-state index contributed by atoms with van der Waals surface area (Å²) in [6, 6.07) is 21.5. The van der Waals surface area contributed by atoms with Gasteiger partial charge in [-0.2, -0.15) is 0 Å². The van der Waals surface area contributed by atoms with Gasteiger partial charge < -0.3 is 15.4 Å². The molecular formula is C25H23N3O2. The van der Waals surface area contributed by atoms with Gasteiger partial charge in [-0.25, -0.2) is 0 Å². The Hall–Kier alpha value is -3.60. The summed E-state index contributed by atoms with van der Waals surface area (Å²) < 4.78 is 5.57. The minimum Gasteiger partial charge on any atom is -0.496 e. The van der Waals surface area contributed by atoms with Crippen LogP contribution in [0.15, 0.2) is 84.2 Å². The summed E-state index contributed by atoms with van der Waals surface area (Å²) in [7, 11) is 1.68. The second-order valence-electron chi connectivity index (χ2n) is 7.67. The number of pyridine rings is 1. The van der Waals surface area contributed by atoms with E-state index in [1.54, 1.807) is 13.3 Å². The van der Waals surface area contributed by atoms with Crippen LogP contribution in [0.3, 0.4) is 0 Å². The highest BCUT2D eigenvalue weighted by Gasteiger charge is 2.37. The number of methoxy groups -OCH3 is 1. The predicted octanol–water partition coefficient (Wildman–Crippen LogP) is 5.07. The highest BCUT2D eigenvalue weighted by Crippen LogP contribution is 2.45. The Morgan fingerprint density at radius 2 is 1.70 bits per heavy atom. The third kappa shape index (κ3) is 3.22. The summed E-state index contributed by atoms with van der Waals surface area (Å²) in [6.07, 6.45) is 2.95. The number of rotatable bonds is 3. The zero-order valence-corrected chi connectivity index (χ0v) is 16.8. The third-order valence-corrected chi connectivity index (χ3v) is 5.87. The Balaban J connectivity index is 1.61. The van der Waals surface area contributed by atoms with E-state index in [2.05, 4.69) is 21.7 Å². The molecule has 2 N–H and O–H groups in total. The van der Waals surface area contributed by atoms with Crippen LogP contribution in [0.25, 0.3) is 0 Å². The molecule has 150 valence electrons. The number of anilines is 2. The molecular weight excluding hydrogens is 374 g/mol. The first-order chi connectivity index (χ1) is 14.7. The molecule has 1 aliphatic heterocycles. The normalized spacial score (nSPS) is 20.4. The number of allylic oxidation sites excluding steroid dienone is 1. The number of carbonyl (C=O) groups is 1. The lowest BCUT2D eigenvalue weighted by atomic mass is 9.79. The van der Waals surface area contributed by atoms with Crippen molar-refractivity contribution in [3.05, 3.63) is 95.5 Å². The maximum Gasteiger partial charge on any atom is 0.163 e. The van der Waals surface area contributed by atoms with E-state index >= 15 is 0 Å². The van der Waals surface area contributed by atoms with Crippen LogP contribution in [0, 0.1) is 0 Å². The number of para-hydroxylation sites is 3. The number of nitrogens with one attached hydrogen (secondary N) is 2. The van der Waals surface area contributed by atoms with Crippen LogP contribution in [-0.2, 0) is 4.79 Å². The van der Waals surface area contributed by atoms with Crippen molar-refractivity contribution in [3.63, 3.8) is 0 Å². The molecule has 0 saturated heterocycles. The van der Waals surface area contributed by atoms with Crippen molar-refractivity contribution < 1.29 is 9.53 Å². The van der Waals surface area contributed by atoms with Gasteiger partial charge in [0.25, 0.3) is 0 Å². The minimum atomic E-state index is -0.288. The number of ketones is 1. The van der Waals surface area contributed by atoms with E-state index in [9.17, 15) is 4.79 Å². The van der Waals surface area contributed by atoms with Gasteiger partial charge in [-0.05, 0) is 42.3 Å². The summed E-state index contributed by atoms with van der Waals surface area (Å²) in [5.74, 6) is 1.03. The van der Waals surface area contributed by atoms with E-state index in [4.69, 9.17) is 4.74 Å². The highest BCUT2D eigenvalue weighted by atomic mass is 16.5. The molecule has 0 amide bonds. The highest BCUT2D eigenvalue weighted by molar-refractivity contribution is 6.01. The monoisotopic (exact) mass is 397 g/mol. The van der Waals surface area contributed by atoms with Gasteiger partial charge in [-0.15, -0.1) is 0 Å². The lowest BCUT2D eigenvalue weighted by molar-refractivity contribution is -0.116. The Labute approximate surface area is 175 Å². The molecule has 0 bridgehead atoms. The molecule has 2 aromatic carbocycles. The van der Waals surface area contributed by atoms with Gasteiger partial charge in [0.2, 0.25) is 0 Å². The van der Waals surface area contributed by atoms with Gasteiger partial charge in [-0.3, -0.25) is 9.78 Å². The van der Waals surface area contributed by atoms with E-state index in [0.29, 0.717) is 6.42 Å². The van der Waals surface area contributed by atoms with Gasteiger partial charge in [0.15, 0.2) is 5.78 Å². The topological polar surface area (TPSA) is 63.2 Å². The molecule has 1 aromatic heterocycles. The van der Waals surface area contributed by atoms with E-state index in [1.807, 2.05) is 60.7 Å². The Morgan fingerprint density at radius 1 is 0.933 bits per heavy atom. The summed E-state index contributed by atoms with van der Waals surface area (Å²) in [5.41, 5.74) is 5.57. The van der Waals surface area contributed by atoms with Crippen LogP contribution in [-0.4, -0.2) is 17.9 Å². The van der Waals surface area contributed by atoms with Crippen LogP contribution >= 0.6 is 0 Å². The maximum atomic E-state index is 13.5. The molecule has 0 radical (unpaired) electrons. The molecule has 1 aliphatic carbocycles. The maximum absolute atomic E-state index is 13.5. The number of benzene rings is 2. The van der Waals surface area contributed by atoms with E-state index in [1.165, 1.54) is 0 Å². The number of aromatic nitrogens is 1. The van der Waals surface area contributed by atoms with Gasteiger partial charge in [0.1, 0.15) is 5.75 Å². The van der Waals surface area contributed by atoms with Gasteiger partial charge in [-0.1, -0.05) is 36.4 Å². The molecule has 0 spiro atoms. The van der Waals surface area contributed by atoms with E-state index in [-0.39, 0.29) is 17.7 Å². The molecule has 2 aliphatic rings. The number of hydrogen-bond acceptors (Lipinski definition) is 5. The first-order valence-electron chi connectivity index (χ1n) is 10.2. The summed E-state index contributed by atoms with van der Waals surface area (Å²) in [5, 5.41) is 7.11. The van der Waals surface area contributed by atoms with Crippen molar-refractivity contribution in [2.75, 3.05) is 17.7 Å². The van der Waals surface area contributed by atoms with Crippen molar-refractivity contribution in [2.45, 2.75) is 24.8 Å². The lowest BCUT2D eigenvalue weighted by Crippen LogP contribution is -2.27. The Morgan fingerprint density at radius 3 is 2.50 bits per heavy atom. The van der Waals surface area contributed by atoms with Gasteiger partial charge >= 0.3 is 0 Å². The molecule has 2 unspecified atom stereocenters. The van der Waals surface area contributed by atoms with Gasteiger partial charge in [0.05, 0.1) is 30.2 Å². The van der Waals surface area contributed by atoms with Gasteiger partial charge in [0, 0.05) is 29.8 Å². The first kappa shape index (κ1) is 18.4. The van der Waals surface area contributed by atoms with Crippen LogP contribution < -0.4 is 15.4 Å². The van der Waals surface area contributed by atoms with Crippen molar-refractivity contribution in [2.24, 2.45) is 0 Å². The number of ether oxygens (including phenoxy) is 1. The molecule has 2 atom stereocenters. The second kappa shape index (κ2) is 7.67. The third-order valence-electron chi connectivity index (χ3n) is 5.87. The van der Waals surface area contributed by atoms with Crippen LogP contribution in [0.2, 0.25) is 0 Å². The number of carbonyl (C=O) groups excluding carboxylic acids is 1. The fourth-order valence-electron chi connectivity index (χ4n) is 4.48. The zero-order valence-electron chi connectivity index (χ0n) is 16.8. The largest absolute Gasteiger partial charge is 0.496 e.